The van der Waals surface area contributed by atoms with Crippen LogP contribution in [0.4, 0.5) is 5.69 Å². The highest BCUT2D eigenvalue weighted by Gasteiger charge is 2.34. The molecule has 0 radical (unpaired) electrons. The van der Waals surface area contributed by atoms with E-state index >= 15 is 0 Å². The van der Waals surface area contributed by atoms with Crippen LogP contribution in [0.5, 0.6) is 0 Å². The van der Waals surface area contributed by atoms with E-state index in [0.29, 0.717) is 17.2 Å². The van der Waals surface area contributed by atoms with Crippen LogP contribution in [-0.2, 0) is 4.79 Å². The second-order valence-corrected chi connectivity index (χ2v) is 11.1. The normalized spacial score (nSPS) is 15.6. The van der Waals surface area contributed by atoms with Gasteiger partial charge in [-0.15, -0.1) is 11.8 Å². The van der Waals surface area contributed by atoms with Crippen LogP contribution >= 0.6 is 27.7 Å². The molecule has 1 unspecified atom stereocenters. The van der Waals surface area contributed by atoms with Gasteiger partial charge in [-0.2, -0.15) is 0 Å². The summed E-state index contributed by atoms with van der Waals surface area (Å²) in [6, 6.07) is 6.68. The molecule has 0 bridgehead atoms. The molecule has 192 valence electrons. The Kier molecular flexibility index (Phi) is 15.5. The van der Waals surface area contributed by atoms with Crippen LogP contribution in [0.2, 0.25) is 0 Å². The molecule has 2 N–H and O–H groups in total. The summed E-state index contributed by atoms with van der Waals surface area (Å²) in [5.41, 5.74) is 1.55. The highest BCUT2D eigenvalue weighted by atomic mass is 79.9. The first-order chi connectivity index (χ1) is 16.6. The number of thioether (sulfide) groups is 1. The third-order valence-corrected chi connectivity index (χ3v) is 8.02. The highest BCUT2D eigenvalue weighted by molar-refractivity contribution is 9.09. The summed E-state index contributed by atoms with van der Waals surface area (Å²) in [7, 11) is 0. The molecule has 1 amide bonds. The molecule has 1 aliphatic rings. The molecular formula is C27H43BrN2O3S. The van der Waals surface area contributed by atoms with Crippen LogP contribution < -0.4 is 5.32 Å². The Balaban J connectivity index is 1.44. The van der Waals surface area contributed by atoms with Crippen LogP contribution in [0.1, 0.15) is 100 Å². The minimum atomic E-state index is -0.932. The number of rotatable bonds is 19. The Bertz CT molecular complexity index is 702. The summed E-state index contributed by atoms with van der Waals surface area (Å²) in [5, 5.41) is 13.9. The van der Waals surface area contributed by atoms with E-state index in [1.807, 2.05) is 12.1 Å². The Morgan fingerprint density at radius 3 is 1.85 bits per heavy atom. The number of unbranched alkanes of at least 4 members (excludes halogenated alkanes) is 13. The quantitative estimate of drug-likeness (QED) is 0.136. The molecule has 1 aliphatic heterocycles. The number of nitrogens with one attached hydrogen (secondary N) is 1. The molecule has 0 saturated carbocycles. The fourth-order valence-electron chi connectivity index (χ4n) is 4.32. The Labute approximate surface area is 219 Å². The molecule has 5 nitrogen and oxygen atoms in total. The maximum absolute atomic E-state index is 12.6. The number of benzene rings is 1. The maximum atomic E-state index is 12.6. The molecule has 1 aromatic rings. The van der Waals surface area contributed by atoms with Gasteiger partial charge in [-0.05, 0) is 37.1 Å². The van der Waals surface area contributed by atoms with Gasteiger partial charge in [0.25, 0.3) is 5.91 Å². The topological polar surface area (TPSA) is 69.6 Å². The van der Waals surface area contributed by atoms with Crippen LogP contribution in [0, 0.1) is 0 Å². The van der Waals surface area contributed by atoms with E-state index in [0.717, 1.165) is 24.0 Å². The summed E-state index contributed by atoms with van der Waals surface area (Å²) < 4.78 is 0. The predicted molar refractivity (Wildman–Crippen MR) is 148 cm³/mol. The number of nitrogens with zero attached hydrogens (tertiary/aromatic N) is 1. The molecule has 2 rings (SSSR count). The van der Waals surface area contributed by atoms with E-state index in [2.05, 4.69) is 21.2 Å². The van der Waals surface area contributed by atoms with Gasteiger partial charge in [0.1, 0.15) is 6.04 Å². The van der Waals surface area contributed by atoms with E-state index < -0.39 is 12.0 Å². The second kappa shape index (κ2) is 18.1. The van der Waals surface area contributed by atoms with Gasteiger partial charge in [0, 0.05) is 28.9 Å². The number of alkyl halides is 1. The number of halogens is 1. The Hall–Kier alpha value is -1.21. The molecule has 1 fully saturated rings. The van der Waals surface area contributed by atoms with Gasteiger partial charge in [0.05, 0.1) is 5.88 Å². The van der Waals surface area contributed by atoms with Crippen LogP contribution in [0.3, 0.4) is 0 Å². The first-order valence-electron chi connectivity index (χ1n) is 13.1. The van der Waals surface area contributed by atoms with Crippen molar-refractivity contribution in [3.8, 4) is 0 Å². The van der Waals surface area contributed by atoms with Crippen molar-refractivity contribution in [3.63, 3.8) is 0 Å². The summed E-state index contributed by atoms with van der Waals surface area (Å²) >= 11 is 4.98. The third-order valence-electron chi connectivity index (χ3n) is 6.45. The lowest BCUT2D eigenvalue weighted by Crippen LogP contribution is -2.41. The molecule has 1 atom stereocenters. The van der Waals surface area contributed by atoms with Crippen molar-refractivity contribution in [1.29, 1.82) is 0 Å². The molecule has 1 heterocycles. The van der Waals surface area contributed by atoms with E-state index in [9.17, 15) is 14.7 Å². The zero-order chi connectivity index (χ0) is 24.4. The SMILES string of the molecule is O=C(O)C1CSCN1C(=O)c1ccc(NCCCCCCCCCCCCCCCCBr)cc1. The minimum Gasteiger partial charge on any atom is -0.480 e. The lowest BCUT2D eigenvalue weighted by molar-refractivity contribution is -0.140. The third kappa shape index (κ3) is 11.5. The van der Waals surface area contributed by atoms with Gasteiger partial charge >= 0.3 is 5.97 Å². The van der Waals surface area contributed by atoms with E-state index in [1.165, 1.54) is 100 Å². The first kappa shape index (κ1) is 29.0. The van der Waals surface area contributed by atoms with Crippen molar-refractivity contribution in [2.24, 2.45) is 0 Å². The molecule has 0 aliphatic carbocycles. The number of hydrogen-bond acceptors (Lipinski definition) is 4. The fourth-order valence-corrected chi connectivity index (χ4v) is 5.86. The van der Waals surface area contributed by atoms with E-state index in [-0.39, 0.29) is 5.91 Å². The van der Waals surface area contributed by atoms with Crippen molar-refractivity contribution < 1.29 is 14.7 Å². The van der Waals surface area contributed by atoms with Crippen LogP contribution in [0.25, 0.3) is 0 Å². The summed E-state index contributed by atoms with van der Waals surface area (Å²) in [5.74, 6) is -0.240. The van der Waals surface area contributed by atoms with Crippen LogP contribution in [0.15, 0.2) is 24.3 Å². The average molecular weight is 556 g/mol. The zero-order valence-electron chi connectivity index (χ0n) is 20.6. The number of aliphatic carboxylic acids is 1. The lowest BCUT2D eigenvalue weighted by Gasteiger charge is -2.20. The molecule has 0 spiro atoms. The molecule has 7 heteroatoms. The van der Waals surface area contributed by atoms with Crippen molar-refractivity contribution in [2.45, 2.75) is 95.9 Å². The molecular weight excluding hydrogens is 512 g/mol. The van der Waals surface area contributed by atoms with Gasteiger partial charge in [-0.3, -0.25) is 4.79 Å². The maximum Gasteiger partial charge on any atom is 0.327 e. The molecule has 1 aromatic carbocycles. The highest BCUT2D eigenvalue weighted by Crippen LogP contribution is 2.24. The number of carboxylic acids is 1. The van der Waals surface area contributed by atoms with Gasteiger partial charge in [0.2, 0.25) is 0 Å². The lowest BCUT2D eigenvalue weighted by atomic mass is 10.0. The number of amides is 1. The van der Waals surface area contributed by atoms with Gasteiger partial charge in [-0.1, -0.05) is 93.0 Å². The molecule has 1 saturated heterocycles. The summed E-state index contributed by atoms with van der Waals surface area (Å²) in [6.45, 7) is 0.937. The first-order valence-corrected chi connectivity index (χ1v) is 15.4. The largest absolute Gasteiger partial charge is 0.480 e. The zero-order valence-corrected chi connectivity index (χ0v) is 23.0. The van der Waals surface area contributed by atoms with Gasteiger partial charge in [-0.25, -0.2) is 4.79 Å². The van der Waals surface area contributed by atoms with Crippen molar-refractivity contribution in [2.75, 3.05) is 28.8 Å². The minimum absolute atomic E-state index is 0.204. The molecule has 34 heavy (non-hydrogen) atoms. The average Bonchev–Trinajstić information content (AvgIpc) is 3.34. The number of carboxylic acid groups (broad SMARTS) is 1. The Morgan fingerprint density at radius 2 is 1.35 bits per heavy atom. The predicted octanol–water partition coefficient (Wildman–Crippen LogP) is 7.55. The molecule has 0 aromatic heterocycles. The van der Waals surface area contributed by atoms with E-state index in [1.54, 1.807) is 12.1 Å². The number of carbonyl (C=O) groups is 2. The van der Waals surface area contributed by atoms with Gasteiger partial charge < -0.3 is 15.3 Å². The number of anilines is 1. The number of carbonyl (C=O) groups excluding carboxylic acids is 1. The van der Waals surface area contributed by atoms with Crippen molar-refractivity contribution >= 4 is 45.3 Å². The Morgan fingerprint density at radius 1 is 0.853 bits per heavy atom. The smallest absolute Gasteiger partial charge is 0.327 e. The van der Waals surface area contributed by atoms with Crippen molar-refractivity contribution in [1.82, 2.24) is 4.90 Å². The summed E-state index contributed by atoms with van der Waals surface area (Å²) in [6.07, 6.45) is 18.9. The number of hydrogen-bond donors (Lipinski definition) is 2. The fraction of sp³-hybridized carbons (Fsp3) is 0.704. The summed E-state index contributed by atoms with van der Waals surface area (Å²) in [4.78, 5) is 25.4. The van der Waals surface area contributed by atoms with E-state index in [4.69, 9.17) is 0 Å². The monoisotopic (exact) mass is 554 g/mol. The van der Waals surface area contributed by atoms with Crippen LogP contribution in [-0.4, -0.2) is 51.4 Å². The standard InChI is InChI=1S/C27H43BrN2O3S/c28-19-13-11-9-7-5-3-1-2-4-6-8-10-12-14-20-29-24-17-15-23(16-18-24)26(31)30-22-34-21-25(30)27(32)33/h15-18,25,29H,1-14,19-22H2,(H,32,33). The second-order valence-electron chi connectivity index (χ2n) is 9.27. The van der Waals surface area contributed by atoms with Crippen molar-refractivity contribution in [3.05, 3.63) is 29.8 Å². The van der Waals surface area contributed by atoms with Gasteiger partial charge in [0.15, 0.2) is 0 Å².